The van der Waals surface area contributed by atoms with Crippen molar-refractivity contribution in [2.75, 3.05) is 27.7 Å². The normalized spacial score (nSPS) is 10.8. The number of aromatic hydroxyl groups is 1. The summed E-state index contributed by atoms with van der Waals surface area (Å²) in [6.45, 7) is 2.45. The Bertz CT molecular complexity index is 919. The summed E-state index contributed by atoms with van der Waals surface area (Å²) in [7, 11) is 5.24. The molecule has 1 heterocycles. The second-order valence-corrected chi connectivity index (χ2v) is 6.75. The van der Waals surface area contributed by atoms with E-state index in [-0.39, 0.29) is 64.5 Å². The van der Waals surface area contributed by atoms with Crippen LogP contribution >= 0.6 is 12.4 Å². The Balaban J connectivity index is 0.00000392. The second kappa shape index (κ2) is 10.2. The first-order chi connectivity index (χ1) is 12.8. The molecule has 0 aliphatic heterocycles. The number of methoxy groups -OCH3 is 1. The fourth-order valence-electron chi connectivity index (χ4n) is 3.00. The molecular formula is C20H26ClNO6. The number of phenols is 1. The number of hydrogen-bond donors (Lipinski definition) is 1. The number of carbonyl (C=O) groups excluding carboxylic acids is 2. The van der Waals surface area contributed by atoms with Crippen LogP contribution in [-0.2, 0) is 11.2 Å². The van der Waals surface area contributed by atoms with Gasteiger partial charge < -0.3 is 19.2 Å². The van der Waals surface area contributed by atoms with E-state index < -0.39 is 0 Å². The van der Waals surface area contributed by atoms with E-state index in [1.165, 1.54) is 13.2 Å². The highest BCUT2D eigenvalue weighted by molar-refractivity contribution is 5.99. The third kappa shape index (κ3) is 5.11. The van der Waals surface area contributed by atoms with Gasteiger partial charge in [-0.15, -0.1) is 12.4 Å². The maximum absolute atomic E-state index is 12.9. The minimum atomic E-state index is -0.369. The smallest absolute Gasteiger partial charge is 0.196 e. The van der Waals surface area contributed by atoms with Crippen molar-refractivity contribution >= 4 is 35.4 Å². The first-order valence-electron chi connectivity index (χ1n) is 8.78. The summed E-state index contributed by atoms with van der Waals surface area (Å²) in [4.78, 5) is 38.3. The van der Waals surface area contributed by atoms with E-state index in [0.29, 0.717) is 24.0 Å². The van der Waals surface area contributed by atoms with Crippen molar-refractivity contribution in [3.63, 3.8) is 0 Å². The number of phenolic OH excluding ortho intramolecular Hbond substituents is 1. The molecule has 1 aromatic carbocycles. The number of fused-ring (bicyclic) bond motifs is 1. The molecule has 0 radical (unpaired) electrons. The summed E-state index contributed by atoms with van der Waals surface area (Å²) in [6.07, 6.45) is 2.19. The van der Waals surface area contributed by atoms with Crippen LogP contribution in [0.4, 0.5) is 0 Å². The zero-order valence-corrected chi connectivity index (χ0v) is 17.4. The molecule has 0 bridgehead atoms. The number of benzene rings is 1. The van der Waals surface area contributed by atoms with Gasteiger partial charge in [0.25, 0.3) is 0 Å². The van der Waals surface area contributed by atoms with Gasteiger partial charge in [-0.1, -0.05) is 0 Å². The van der Waals surface area contributed by atoms with Gasteiger partial charge in [0, 0.05) is 18.4 Å². The summed E-state index contributed by atoms with van der Waals surface area (Å²) in [5.41, 5.74) is -0.0352. The van der Waals surface area contributed by atoms with E-state index >= 15 is 0 Å². The van der Waals surface area contributed by atoms with Gasteiger partial charge in [-0.2, -0.15) is 0 Å². The third-order valence-corrected chi connectivity index (χ3v) is 4.50. The van der Waals surface area contributed by atoms with Crippen LogP contribution in [0.2, 0.25) is 0 Å². The van der Waals surface area contributed by atoms with E-state index in [1.807, 2.05) is 19.0 Å². The first-order valence-corrected chi connectivity index (χ1v) is 8.78. The zero-order valence-electron chi connectivity index (χ0n) is 16.5. The molecular weight excluding hydrogens is 386 g/mol. The van der Waals surface area contributed by atoms with Crippen LogP contribution in [0.15, 0.2) is 15.3 Å². The molecule has 0 aliphatic rings. The number of nitrogens with zero attached hydrogens (tertiary/aromatic N) is 1. The van der Waals surface area contributed by atoms with Crippen molar-refractivity contribution in [3.8, 4) is 11.5 Å². The van der Waals surface area contributed by atoms with Crippen LogP contribution < -0.4 is 10.2 Å². The second-order valence-electron chi connectivity index (χ2n) is 6.75. The SMILES string of the molecule is COc1cc2c(=O)c(CCC(=O)CCCN(C)C)c(C)oc2c(C=O)c1O.Cl. The molecule has 7 nitrogen and oxygen atoms in total. The number of aryl methyl sites for hydroxylation is 1. The van der Waals surface area contributed by atoms with E-state index in [4.69, 9.17) is 9.15 Å². The molecule has 0 saturated carbocycles. The number of ketones is 1. The standard InChI is InChI=1S/C20H25NO6.ClH/c1-12-14(8-7-13(23)6-5-9-21(2)3)18(24)15-10-17(26-4)19(25)16(11-22)20(15)27-12;/h10-11,25H,5-9H2,1-4H3;1H. The minimum Gasteiger partial charge on any atom is -0.504 e. The van der Waals surface area contributed by atoms with Gasteiger partial charge in [-0.3, -0.25) is 14.4 Å². The van der Waals surface area contributed by atoms with Gasteiger partial charge in [0.15, 0.2) is 28.8 Å². The van der Waals surface area contributed by atoms with Crippen LogP contribution in [-0.4, -0.2) is 49.8 Å². The van der Waals surface area contributed by atoms with Gasteiger partial charge in [-0.25, -0.2) is 0 Å². The van der Waals surface area contributed by atoms with Crippen molar-refractivity contribution in [1.29, 1.82) is 0 Å². The predicted molar refractivity (Wildman–Crippen MR) is 109 cm³/mol. The fourth-order valence-corrected chi connectivity index (χ4v) is 3.00. The van der Waals surface area contributed by atoms with E-state index in [2.05, 4.69) is 0 Å². The Morgan fingerprint density at radius 3 is 2.57 bits per heavy atom. The third-order valence-electron chi connectivity index (χ3n) is 4.50. The number of hydrogen-bond acceptors (Lipinski definition) is 7. The van der Waals surface area contributed by atoms with Crippen molar-refractivity contribution in [2.24, 2.45) is 0 Å². The maximum atomic E-state index is 12.9. The summed E-state index contributed by atoms with van der Waals surface area (Å²) < 4.78 is 10.7. The first kappa shape index (κ1) is 23.7. The Labute approximate surface area is 169 Å². The monoisotopic (exact) mass is 411 g/mol. The van der Waals surface area contributed by atoms with E-state index in [9.17, 15) is 19.5 Å². The maximum Gasteiger partial charge on any atom is 0.196 e. The van der Waals surface area contributed by atoms with Crippen molar-refractivity contribution in [2.45, 2.75) is 32.6 Å². The average molecular weight is 412 g/mol. The molecule has 0 atom stereocenters. The number of carbonyl (C=O) groups is 2. The number of halogens is 1. The number of ether oxygens (including phenoxy) is 1. The lowest BCUT2D eigenvalue weighted by Crippen LogP contribution is -2.16. The molecule has 1 N–H and O–H groups in total. The van der Waals surface area contributed by atoms with Gasteiger partial charge in [-0.05, 0) is 46.5 Å². The Morgan fingerprint density at radius 2 is 2.00 bits per heavy atom. The minimum absolute atomic E-state index is 0. The molecule has 0 aliphatic carbocycles. The molecule has 0 amide bonds. The van der Waals surface area contributed by atoms with Crippen LogP contribution in [0.1, 0.15) is 40.9 Å². The van der Waals surface area contributed by atoms with E-state index in [0.717, 1.165) is 13.0 Å². The van der Waals surface area contributed by atoms with E-state index in [1.54, 1.807) is 6.92 Å². The van der Waals surface area contributed by atoms with Crippen LogP contribution in [0, 0.1) is 6.92 Å². The molecule has 8 heteroatoms. The number of rotatable bonds is 9. The molecule has 2 aromatic rings. The lowest BCUT2D eigenvalue weighted by molar-refractivity contribution is -0.119. The molecule has 2 rings (SSSR count). The molecule has 1 aromatic heterocycles. The average Bonchev–Trinajstić information content (AvgIpc) is 2.61. The number of Topliss-reactive ketones (excluding diaryl/α,β-unsaturated/α-hetero) is 1. The van der Waals surface area contributed by atoms with Crippen molar-refractivity contribution in [1.82, 2.24) is 4.90 Å². The zero-order chi connectivity index (χ0) is 20.1. The highest BCUT2D eigenvalue weighted by atomic mass is 35.5. The molecule has 154 valence electrons. The topological polar surface area (TPSA) is 97.1 Å². The number of aldehydes is 1. The Hall–Kier alpha value is -2.38. The molecule has 0 fully saturated rings. The molecule has 0 spiro atoms. The Kier molecular flexibility index (Phi) is 8.65. The lowest BCUT2D eigenvalue weighted by atomic mass is 10.0. The molecule has 0 saturated heterocycles. The summed E-state index contributed by atoms with van der Waals surface area (Å²) in [6, 6.07) is 1.35. The van der Waals surface area contributed by atoms with Gasteiger partial charge in [0.2, 0.25) is 0 Å². The van der Waals surface area contributed by atoms with Crippen molar-refractivity contribution < 1.29 is 23.8 Å². The largest absolute Gasteiger partial charge is 0.504 e. The van der Waals surface area contributed by atoms with Gasteiger partial charge in [0.1, 0.15) is 17.1 Å². The fraction of sp³-hybridized carbons (Fsp3) is 0.450. The van der Waals surface area contributed by atoms with Gasteiger partial charge >= 0.3 is 0 Å². The molecule has 0 unspecified atom stereocenters. The van der Waals surface area contributed by atoms with Crippen LogP contribution in [0.5, 0.6) is 11.5 Å². The van der Waals surface area contributed by atoms with Crippen LogP contribution in [0.25, 0.3) is 11.0 Å². The highest BCUT2D eigenvalue weighted by Gasteiger charge is 2.20. The highest BCUT2D eigenvalue weighted by Crippen LogP contribution is 2.35. The van der Waals surface area contributed by atoms with Gasteiger partial charge in [0.05, 0.1) is 12.5 Å². The summed E-state index contributed by atoms with van der Waals surface area (Å²) >= 11 is 0. The van der Waals surface area contributed by atoms with Crippen molar-refractivity contribution in [3.05, 3.63) is 33.2 Å². The predicted octanol–water partition coefficient (Wildman–Crippen LogP) is 2.89. The lowest BCUT2D eigenvalue weighted by Gasteiger charge is -2.11. The Morgan fingerprint density at radius 1 is 1.32 bits per heavy atom. The summed E-state index contributed by atoms with van der Waals surface area (Å²) in [5.74, 6) is 0.0757. The van der Waals surface area contributed by atoms with Crippen LogP contribution in [0.3, 0.4) is 0 Å². The molecule has 28 heavy (non-hydrogen) atoms. The quantitative estimate of drug-likeness (QED) is 0.633. The summed E-state index contributed by atoms with van der Waals surface area (Å²) in [5, 5.41) is 10.2.